The summed E-state index contributed by atoms with van der Waals surface area (Å²) in [5.41, 5.74) is 0. The maximum atomic E-state index is 10.9. The first-order valence-corrected chi connectivity index (χ1v) is 4.38. The minimum Gasteiger partial charge on any atom is -0.368 e. The van der Waals surface area contributed by atoms with Gasteiger partial charge in [0.1, 0.15) is 0 Å². The summed E-state index contributed by atoms with van der Waals surface area (Å²) >= 11 is 0. The molecule has 0 radical (unpaired) electrons. The van der Waals surface area contributed by atoms with Crippen LogP contribution in [0.3, 0.4) is 0 Å². The Morgan fingerprint density at radius 2 is 2.25 bits per heavy atom. The molecule has 3 unspecified atom stereocenters. The molecule has 0 aliphatic carbocycles. The largest absolute Gasteiger partial charge is 0.368 e. The van der Waals surface area contributed by atoms with Gasteiger partial charge in [-0.2, -0.15) is 0 Å². The van der Waals surface area contributed by atoms with E-state index in [1.165, 1.54) is 0 Å². The number of nitrogens with one attached hydrogen (secondary N) is 1. The molecule has 0 spiro atoms. The van der Waals surface area contributed by atoms with Crippen LogP contribution in [0.4, 0.5) is 0 Å². The molecule has 2 aliphatic rings. The van der Waals surface area contributed by atoms with Crippen molar-refractivity contribution in [3.05, 3.63) is 0 Å². The third-order valence-electron chi connectivity index (χ3n) is 2.51. The number of ether oxygens (including phenoxy) is 1. The van der Waals surface area contributed by atoms with Crippen LogP contribution in [0.1, 0.15) is 25.7 Å². The average molecular weight is 171 g/mol. The third kappa shape index (κ3) is 1.44. The normalized spacial score (nSPS) is 41.8. The molecule has 2 N–H and O–H groups in total. The van der Waals surface area contributed by atoms with Gasteiger partial charge in [-0.05, 0) is 12.8 Å². The van der Waals surface area contributed by atoms with Crippen LogP contribution < -0.4 is 5.32 Å². The van der Waals surface area contributed by atoms with E-state index >= 15 is 0 Å². The van der Waals surface area contributed by atoms with Crippen molar-refractivity contribution in [3.8, 4) is 0 Å². The number of hydrogen-bond acceptors (Lipinski definition) is 3. The van der Waals surface area contributed by atoms with E-state index < -0.39 is 6.29 Å². The lowest BCUT2D eigenvalue weighted by Crippen LogP contribution is -2.36. The molecule has 4 heteroatoms. The number of aliphatic hydroxyl groups excluding tert-OH is 1. The molecular formula is C8H13NO3. The molecule has 0 aromatic rings. The van der Waals surface area contributed by atoms with Crippen LogP contribution in [-0.4, -0.2) is 29.4 Å². The zero-order valence-electron chi connectivity index (χ0n) is 6.82. The Morgan fingerprint density at radius 1 is 1.42 bits per heavy atom. The molecule has 68 valence electrons. The number of amides is 1. The lowest BCUT2D eigenvalue weighted by atomic mass is 10.1. The second kappa shape index (κ2) is 3.03. The Kier molecular flexibility index (Phi) is 2.02. The van der Waals surface area contributed by atoms with Crippen LogP contribution in [0.25, 0.3) is 0 Å². The van der Waals surface area contributed by atoms with E-state index in [1.807, 2.05) is 0 Å². The molecule has 0 aromatic carbocycles. The van der Waals surface area contributed by atoms with Crippen LogP contribution in [0.15, 0.2) is 0 Å². The first-order chi connectivity index (χ1) is 5.75. The lowest BCUT2D eigenvalue weighted by Gasteiger charge is -2.17. The predicted octanol–water partition coefficient (Wildman–Crippen LogP) is -0.238. The Hall–Kier alpha value is -0.610. The van der Waals surface area contributed by atoms with E-state index in [4.69, 9.17) is 9.84 Å². The van der Waals surface area contributed by atoms with E-state index in [9.17, 15) is 4.79 Å². The molecular weight excluding hydrogens is 158 g/mol. The molecule has 0 aromatic heterocycles. The van der Waals surface area contributed by atoms with Gasteiger partial charge in [0.25, 0.3) is 0 Å². The average Bonchev–Trinajstić information content (AvgIpc) is 2.58. The lowest BCUT2D eigenvalue weighted by molar-refractivity contribution is -0.121. The van der Waals surface area contributed by atoms with E-state index in [0.29, 0.717) is 12.8 Å². The summed E-state index contributed by atoms with van der Waals surface area (Å²) < 4.78 is 5.23. The zero-order valence-corrected chi connectivity index (χ0v) is 6.82. The van der Waals surface area contributed by atoms with Crippen LogP contribution in [-0.2, 0) is 9.53 Å². The molecule has 12 heavy (non-hydrogen) atoms. The predicted molar refractivity (Wildman–Crippen MR) is 41.3 cm³/mol. The molecule has 2 fully saturated rings. The molecule has 2 saturated heterocycles. The molecule has 3 atom stereocenters. The number of carbonyl (C=O) groups is 1. The van der Waals surface area contributed by atoms with Crippen molar-refractivity contribution in [2.75, 3.05) is 0 Å². The van der Waals surface area contributed by atoms with Gasteiger partial charge in [-0.15, -0.1) is 0 Å². The minimum absolute atomic E-state index is 0.0337. The Bertz CT molecular complexity index is 195. The fraction of sp³-hybridized carbons (Fsp3) is 0.875. The van der Waals surface area contributed by atoms with Gasteiger partial charge in [0.05, 0.1) is 12.1 Å². The highest BCUT2D eigenvalue weighted by atomic mass is 16.6. The van der Waals surface area contributed by atoms with Crippen molar-refractivity contribution in [2.24, 2.45) is 0 Å². The molecule has 4 nitrogen and oxygen atoms in total. The molecule has 0 saturated carbocycles. The molecule has 2 aliphatic heterocycles. The topological polar surface area (TPSA) is 58.6 Å². The summed E-state index contributed by atoms with van der Waals surface area (Å²) in [7, 11) is 0. The maximum absolute atomic E-state index is 10.9. The fourth-order valence-electron chi connectivity index (χ4n) is 1.86. The summed E-state index contributed by atoms with van der Waals surface area (Å²) in [6.45, 7) is 0. The van der Waals surface area contributed by atoms with Crippen molar-refractivity contribution in [1.29, 1.82) is 0 Å². The van der Waals surface area contributed by atoms with Crippen molar-refractivity contribution < 1.29 is 14.6 Å². The third-order valence-corrected chi connectivity index (χ3v) is 2.51. The molecule has 2 rings (SSSR count). The quantitative estimate of drug-likeness (QED) is 0.572. The molecule has 0 bridgehead atoms. The van der Waals surface area contributed by atoms with Crippen LogP contribution in [0.5, 0.6) is 0 Å². The highest BCUT2D eigenvalue weighted by molar-refractivity contribution is 5.78. The van der Waals surface area contributed by atoms with Gasteiger partial charge in [0, 0.05) is 12.8 Å². The summed E-state index contributed by atoms with van der Waals surface area (Å²) in [5, 5.41) is 11.9. The molecule has 1 amide bonds. The zero-order chi connectivity index (χ0) is 8.55. The smallest absolute Gasteiger partial charge is 0.220 e. The highest BCUT2D eigenvalue weighted by Crippen LogP contribution is 2.24. The minimum atomic E-state index is -0.618. The Balaban J connectivity index is 1.89. The van der Waals surface area contributed by atoms with Crippen LogP contribution in [0, 0.1) is 0 Å². The highest BCUT2D eigenvalue weighted by Gasteiger charge is 2.34. The van der Waals surface area contributed by atoms with E-state index in [2.05, 4.69) is 5.32 Å². The van der Waals surface area contributed by atoms with Gasteiger partial charge >= 0.3 is 0 Å². The standard InChI is InChI=1S/C8H13NO3/c10-7-3-1-5(9-7)6-2-4-8(11)12-6/h5-6,8,11H,1-4H2,(H,9,10). The van der Waals surface area contributed by atoms with Crippen molar-refractivity contribution in [3.63, 3.8) is 0 Å². The van der Waals surface area contributed by atoms with Gasteiger partial charge in [-0.1, -0.05) is 0 Å². The van der Waals surface area contributed by atoms with Crippen molar-refractivity contribution >= 4 is 5.91 Å². The van der Waals surface area contributed by atoms with E-state index in [0.717, 1.165) is 12.8 Å². The van der Waals surface area contributed by atoms with Crippen LogP contribution in [0.2, 0.25) is 0 Å². The fourth-order valence-corrected chi connectivity index (χ4v) is 1.86. The summed E-state index contributed by atoms with van der Waals surface area (Å²) in [4.78, 5) is 10.9. The van der Waals surface area contributed by atoms with Gasteiger partial charge < -0.3 is 15.2 Å². The van der Waals surface area contributed by atoms with Gasteiger partial charge in [0.15, 0.2) is 6.29 Å². The summed E-state index contributed by atoms with van der Waals surface area (Å²) in [6.07, 6.45) is 2.40. The van der Waals surface area contributed by atoms with Gasteiger partial charge in [0.2, 0.25) is 5.91 Å². The van der Waals surface area contributed by atoms with Crippen LogP contribution >= 0.6 is 0 Å². The molecule has 2 heterocycles. The number of carbonyl (C=O) groups excluding carboxylic acids is 1. The first-order valence-electron chi connectivity index (χ1n) is 4.38. The number of hydrogen-bond donors (Lipinski definition) is 2. The van der Waals surface area contributed by atoms with E-state index in [1.54, 1.807) is 0 Å². The Morgan fingerprint density at radius 3 is 2.75 bits per heavy atom. The maximum Gasteiger partial charge on any atom is 0.220 e. The Labute approximate surface area is 70.9 Å². The monoisotopic (exact) mass is 171 g/mol. The number of rotatable bonds is 1. The second-order valence-corrected chi connectivity index (χ2v) is 3.42. The van der Waals surface area contributed by atoms with Gasteiger partial charge in [-0.3, -0.25) is 4.79 Å². The summed E-state index contributed by atoms with van der Waals surface area (Å²) in [5.74, 6) is 0.102. The SMILES string of the molecule is O=C1CCC(C2CCC(O)O2)N1. The number of aliphatic hydroxyl groups is 1. The van der Waals surface area contributed by atoms with E-state index in [-0.39, 0.29) is 18.1 Å². The summed E-state index contributed by atoms with van der Waals surface area (Å²) in [6, 6.07) is 0.134. The van der Waals surface area contributed by atoms with Crippen molar-refractivity contribution in [1.82, 2.24) is 5.32 Å². The first kappa shape index (κ1) is 8.01. The van der Waals surface area contributed by atoms with Crippen molar-refractivity contribution in [2.45, 2.75) is 44.1 Å². The van der Waals surface area contributed by atoms with Gasteiger partial charge in [-0.25, -0.2) is 0 Å². The second-order valence-electron chi connectivity index (χ2n) is 3.42.